The van der Waals surface area contributed by atoms with Gasteiger partial charge in [0, 0.05) is 30.3 Å². The largest absolute Gasteiger partial charge is 0.455 e. The van der Waals surface area contributed by atoms with E-state index < -0.39 is 0 Å². The molecule has 1 aliphatic rings. The van der Waals surface area contributed by atoms with E-state index in [1.807, 2.05) is 54.1 Å². The molecule has 29 heavy (non-hydrogen) atoms. The summed E-state index contributed by atoms with van der Waals surface area (Å²) in [7, 11) is 1.95. The lowest BCUT2D eigenvalue weighted by molar-refractivity contribution is 0.0990. The van der Waals surface area contributed by atoms with Crippen molar-refractivity contribution in [2.24, 2.45) is 7.05 Å². The van der Waals surface area contributed by atoms with E-state index in [0.717, 1.165) is 16.8 Å². The van der Waals surface area contributed by atoms with Crippen LogP contribution in [0.15, 0.2) is 64.6 Å². The van der Waals surface area contributed by atoms with Gasteiger partial charge in [0.25, 0.3) is 0 Å². The third kappa shape index (κ3) is 2.76. The van der Waals surface area contributed by atoms with Gasteiger partial charge in [0.05, 0.1) is 26.8 Å². The minimum absolute atomic E-state index is 0.0423. The van der Waals surface area contributed by atoms with E-state index in [1.165, 1.54) is 18.2 Å². The molecule has 2 aromatic carbocycles. The van der Waals surface area contributed by atoms with Crippen molar-refractivity contribution in [3.8, 4) is 11.3 Å². The van der Waals surface area contributed by atoms with Gasteiger partial charge in [-0.25, -0.2) is 0 Å². The first-order valence-electron chi connectivity index (χ1n) is 8.89. The number of aromatic nitrogens is 1. The molecule has 0 atom stereocenters. The molecule has 4 nitrogen and oxygen atoms in total. The van der Waals surface area contributed by atoms with Crippen LogP contribution in [0.4, 0.5) is 0 Å². The van der Waals surface area contributed by atoms with Gasteiger partial charge in [0.15, 0.2) is 17.1 Å². The maximum Gasteiger partial charge on any atom is 0.197 e. The normalized spacial score (nSPS) is 13.4. The molecule has 6 heteroatoms. The predicted molar refractivity (Wildman–Crippen MR) is 114 cm³/mol. The van der Waals surface area contributed by atoms with E-state index >= 15 is 0 Å². The highest BCUT2D eigenvalue weighted by Gasteiger charge is 2.34. The molecule has 2 heterocycles. The third-order valence-corrected chi connectivity index (χ3v) is 5.87. The lowest BCUT2D eigenvalue weighted by Crippen LogP contribution is -1.99. The molecule has 0 fully saturated rings. The van der Waals surface area contributed by atoms with Crippen molar-refractivity contribution in [2.75, 3.05) is 0 Å². The molecule has 0 aliphatic heterocycles. The molecule has 0 spiro atoms. The molecule has 0 N–H and O–H groups in total. The SMILES string of the molecule is Cn1c(-c2ccccc2)cc2oc(C=C3C(=O)c4cc(Cl)c(Cl)cc4C3=O)cc21. The molecule has 0 bridgehead atoms. The molecule has 0 amide bonds. The van der Waals surface area contributed by atoms with Gasteiger partial charge in [-0.05, 0) is 23.8 Å². The van der Waals surface area contributed by atoms with Crippen LogP contribution in [-0.2, 0) is 7.05 Å². The van der Waals surface area contributed by atoms with E-state index in [-0.39, 0.29) is 38.3 Å². The minimum atomic E-state index is -0.381. The number of benzene rings is 2. The Morgan fingerprint density at radius 1 is 0.897 bits per heavy atom. The monoisotopic (exact) mass is 421 g/mol. The Labute approximate surface area is 175 Å². The molecule has 1 aliphatic carbocycles. The summed E-state index contributed by atoms with van der Waals surface area (Å²) < 4.78 is 7.92. The minimum Gasteiger partial charge on any atom is -0.455 e. The number of furan rings is 1. The average molecular weight is 422 g/mol. The number of carbonyl (C=O) groups is 2. The number of Topliss-reactive ketones (excluding diaryl/α,β-unsaturated/α-hetero) is 2. The van der Waals surface area contributed by atoms with Crippen LogP contribution in [0.25, 0.3) is 28.4 Å². The van der Waals surface area contributed by atoms with E-state index in [4.69, 9.17) is 27.6 Å². The van der Waals surface area contributed by atoms with Gasteiger partial charge in [0.1, 0.15) is 5.76 Å². The maximum atomic E-state index is 12.7. The van der Waals surface area contributed by atoms with Crippen molar-refractivity contribution < 1.29 is 14.0 Å². The summed E-state index contributed by atoms with van der Waals surface area (Å²) in [6, 6.07) is 16.6. The molecule has 0 radical (unpaired) electrons. The molecular weight excluding hydrogens is 409 g/mol. The van der Waals surface area contributed by atoms with Crippen LogP contribution in [0, 0.1) is 0 Å². The van der Waals surface area contributed by atoms with Gasteiger partial charge in [-0.1, -0.05) is 53.5 Å². The second-order valence-corrected chi connectivity index (χ2v) is 7.70. The van der Waals surface area contributed by atoms with Crippen LogP contribution >= 0.6 is 23.2 Å². The fourth-order valence-corrected chi connectivity index (χ4v) is 4.00. The van der Waals surface area contributed by atoms with Crippen LogP contribution in [-0.4, -0.2) is 16.1 Å². The summed E-state index contributed by atoms with van der Waals surface area (Å²) >= 11 is 12.0. The van der Waals surface area contributed by atoms with Crippen molar-refractivity contribution in [1.29, 1.82) is 0 Å². The Kier molecular flexibility index (Phi) is 4.02. The highest BCUT2D eigenvalue weighted by Crippen LogP contribution is 2.35. The number of nitrogens with zero attached hydrogens (tertiary/aromatic N) is 1. The summed E-state index contributed by atoms with van der Waals surface area (Å²) in [4.78, 5) is 25.4. The van der Waals surface area contributed by atoms with Gasteiger partial charge in [-0.3, -0.25) is 9.59 Å². The lowest BCUT2D eigenvalue weighted by atomic mass is 10.1. The Bertz CT molecular complexity index is 1320. The number of aryl methyl sites for hydroxylation is 1. The molecule has 0 saturated heterocycles. The smallest absolute Gasteiger partial charge is 0.197 e. The number of fused-ring (bicyclic) bond motifs is 2. The number of hydrogen-bond acceptors (Lipinski definition) is 3. The molecule has 5 rings (SSSR count). The van der Waals surface area contributed by atoms with Crippen molar-refractivity contribution in [3.05, 3.63) is 87.1 Å². The number of halogens is 2. The van der Waals surface area contributed by atoms with Crippen molar-refractivity contribution >= 4 is 51.9 Å². The molecule has 142 valence electrons. The van der Waals surface area contributed by atoms with Crippen LogP contribution in [0.3, 0.4) is 0 Å². The summed E-state index contributed by atoms with van der Waals surface area (Å²) in [6.07, 6.45) is 1.48. The average Bonchev–Trinajstić information content (AvgIpc) is 3.32. The van der Waals surface area contributed by atoms with Gasteiger partial charge >= 0.3 is 0 Å². The second-order valence-electron chi connectivity index (χ2n) is 6.88. The summed E-state index contributed by atoms with van der Waals surface area (Å²) in [5.41, 5.74) is 4.21. The fraction of sp³-hybridized carbons (Fsp3) is 0.0435. The van der Waals surface area contributed by atoms with Gasteiger partial charge in [0.2, 0.25) is 0 Å². The first-order chi connectivity index (χ1) is 13.9. The van der Waals surface area contributed by atoms with Gasteiger partial charge < -0.3 is 8.98 Å². The third-order valence-electron chi connectivity index (χ3n) is 5.14. The molecule has 2 aromatic heterocycles. The van der Waals surface area contributed by atoms with E-state index in [0.29, 0.717) is 11.3 Å². The van der Waals surface area contributed by atoms with E-state index in [2.05, 4.69) is 0 Å². The fourth-order valence-electron chi connectivity index (χ4n) is 3.68. The number of carbonyl (C=O) groups excluding carboxylic acids is 2. The van der Waals surface area contributed by atoms with Crippen molar-refractivity contribution in [1.82, 2.24) is 4.57 Å². The van der Waals surface area contributed by atoms with Crippen molar-refractivity contribution in [3.63, 3.8) is 0 Å². The zero-order valence-corrected chi connectivity index (χ0v) is 16.7. The Morgan fingerprint density at radius 2 is 1.52 bits per heavy atom. The quantitative estimate of drug-likeness (QED) is 0.285. The summed E-state index contributed by atoms with van der Waals surface area (Å²) in [5, 5.41) is 0.481. The highest BCUT2D eigenvalue weighted by atomic mass is 35.5. The number of ketones is 2. The predicted octanol–water partition coefficient (Wildman–Crippen LogP) is 6.21. The topological polar surface area (TPSA) is 52.2 Å². The van der Waals surface area contributed by atoms with E-state index in [9.17, 15) is 9.59 Å². The molecule has 0 saturated carbocycles. The molecular formula is C23H13Cl2NO3. The maximum absolute atomic E-state index is 12.7. The second kappa shape index (κ2) is 6.48. The van der Waals surface area contributed by atoms with Crippen LogP contribution < -0.4 is 0 Å². The summed E-state index contributed by atoms with van der Waals surface area (Å²) in [6.45, 7) is 0. The zero-order valence-electron chi connectivity index (χ0n) is 15.2. The number of rotatable bonds is 2. The number of hydrogen-bond donors (Lipinski definition) is 0. The molecule has 0 unspecified atom stereocenters. The first kappa shape index (κ1) is 18.0. The Balaban J connectivity index is 1.56. The first-order valence-corrected chi connectivity index (χ1v) is 9.64. The zero-order chi connectivity index (χ0) is 20.3. The highest BCUT2D eigenvalue weighted by molar-refractivity contribution is 6.46. The molecule has 4 aromatic rings. The van der Waals surface area contributed by atoms with Crippen LogP contribution in [0.2, 0.25) is 10.0 Å². The van der Waals surface area contributed by atoms with Gasteiger partial charge in [-0.15, -0.1) is 0 Å². The van der Waals surface area contributed by atoms with Crippen LogP contribution in [0.5, 0.6) is 0 Å². The Hall–Kier alpha value is -3.08. The van der Waals surface area contributed by atoms with Crippen molar-refractivity contribution in [2.45, 2.75) is 0 Å². The standard InChI is InChI=1S/C23H13Cl2NO3/c1-26-19(12-5-3-2-4-6-12)11-21-20(26)8-13(29-21)7-16-22(27)14-9-17(24)18(25)10-15(14)23(16)28/h2-11H,1H3. The van der Waals surface area contributed by atoms with Gasteiger partial charge in [-0.2, -0.15) is 0 Å². The lowest BCUT2D eigenvalue weighted by Gasteiger charge is -2.03. The van der Waals surface area contributed by atoms with E-state index in [1.54, 1.807) is 0 Å². The number of allylic oxidation sites excluding steroid dienone is 1. The van der Waals surface area contributed by atoms with Crippen LogP contribution in [0.1, 0.15) is 26.5 Å². The Morgan fingerprint density at radius 3 is 2.10 bits per heavy atom. The summed E-state index contributed by atoms with van der Waals surface area (Å²) in [5.74, 6) is -0.324.